The van der Waals surface area contributed by atoms with Crippen molar-refractivity contribution in [1.29, 1.82) is 0 Å². The van der Waals surface area contributed by atoms with Gasteiger partial charge in [-0.1, -0.05) is 108 Å². The molecule has 1 atom stereocenters. The summed E-state index contributed by atoms with van der Waals surface area (Å²) >= 11 is 0. The Kier molecular flexibility index (Phi) is 11.3. The Morgan fingerprint density at radius 2 is 1.62 bits per heavy atom. The molecule has 1 aliphatic heterocycles. The zero-order valence-corrected chi connectivity index (χ0v) is 24.4. The van der Waals surface area contributed by atoms with Crippen molar-refractivity contribution in [3.63, 3.8) is 0 Å². The first-order valence-corrected chi connectivity index (χ1v) is 16.0. The zero-order valence-electron chi connectivity index (χ0n) is 24.4. The van der Waals surface area contributed by atoms with E-state index in [2.05, 4.69) is 12.2 Å². The van der Waals surface area contributed by atoms with Crippen LogP contribution in [0, 0.1) is 11.8 Å². The number of unbranched alkanes of at least 4 members (excludes halogenated alkanes) is 2. The molecule has 1 aromatic carbocycles. The van der Waals surface area contributed by atoms with E-state index in [9.17, 15) is 9.59 Å². The van der Waals surface area contributed by atoms with Gasteiger partial charge in [0.05, 0.1) is 18.5 Å². The largest absolute Gasteiger partial charge is 0.369 e. The molecule has 3 N–H and O–H groups in total. The van der Waals surface area contributed by atoms with Gasteiger partial charge in [-0.25, -0.2) is 4.99 Å². The molecule has 1 aromatic rings. The summed E-state index contributed by atoms with van der Waals surface area (Å²) in [6.45, 7) is 3.12. The Hall–Kier alpha value is -2.37. The van der Waals surface area contributed by atoms with Crippen LogP contribution in [0.3, 0.4) is 0 Å². The molecular formula is C33H52N4O2. The minimum atomic E-state index is -0.323. The van der Waals surface area contributed by atoms with E-state index in [0.29, 0.717) is 37.8 Å². The van der Waals surface area contributed by atoms with Crippen LogP contribution in [-0.4, -0.2) is 28.2 Å². The molecule has 0 aromatic heterocycles. The lowest BCUT2D eigenvalue weighted by Crippen LogP contribution is -2.51. The van der Waals surface area contributed by atoms with Crippen LogP contribution < -0.4 is 11.1 Å². The number of guanidine groups is 1. The van der Waals surface area contributed by atoms with Crippen LogP contribution >= 0.6 is 0 Å². The van der Waals surface area contributed by atoms with Crippen molar-refractivity contribution in [2.45, 2.75) is 141 Å². The van der Waals surface area contributed by atoms with Crippen LogP contribution in [0.25, 0.3) is 0 Å². The molecule has 39 heavy (non-hydrogen) atoms. The van der Waals surface area contributed by atoms with Crippen molar-refractivity contribution >= 4 is 17.8 Å². The summed E-state index contributed by atoms with van der Waals surface area (Å²) in [6.07, 6.45) is 20.6. The van der Waals surface area contributed by atoms with Crippen LogP contribution in [-0.2, 0) is 22.7 Å². The van der Waals surface area contributed by atoms with Gasteiger partial charge < -0.3 is 11.1 Å². The molecule has 0 bridgehead atoms. The Bertz CT molecular complexity index is 947. The minimum Gasteiger partial charge on any atom is -0.369 e. The molecule has 2 amide bonds. The van der Waals surface area contributed by atoms with Crippen LogP contribution in [0.4, 0.5) is 0 Å². The summed E-state index contributed by atoms with van der Waals surface area (Å²) in [5.74, 6) is 2.07. The van der Waals surface area contributed by atoms with Gasteiger partial charge in [0.25, 0.3) is 0 Å². The van der Waals surface area contributed by atoms with Crippen LogP contribution in [0.5, 0.6) is 0 Å². The Balaban J connectivity index is 1.37. The van der Waals surface area contributed by atoms with E-state index in [1.165, 1.54) is 70.6 Å². The summed E-state index contributed by atoms with van der Waals surface area (Å²) < 4.78 is 0. The molecule has 3 aliphatic rings. The number of hydrogen-bond donors (Lipinski definition) is 2. The summed E-state index contributed by atoms with van der Waals surface area (Å²) in [4.78, 5) is 32.5. The third-order valence-corrected chi connectivity index (χ3v) is 9.41. The summed E-state index contributed by atoms with van der Waals surface area (Å²) in [5, 5.41) is 3.01. The van der Waals surface area contributed by atoms with Crippen molar-refractivity contribution in [1.82, 2.24) is 10.2 Å². The van der Waals surface area contributed by atoms with Gasteiger partial charge in [-0.2, -0.15) is 0 Å². The third kappa shape index (κ3) is 9.08. The first kappa shape index (κ1) is 29.6. The Morgan fingerprint density at radius 1 is 0.974 bits per heavy atom. The number of amides is 2. The number of carbonyl (C=O) groups is 2. The van der Waals surface area contributed by atoms with Crippen LogP contribution in [0.2, 0.25) is 0 Å². The monoisotopic (exact) mass is 536 g/mol. The maximum Gasteiger partial charge on any atom is 0.232 e. The highest BCUT2D eigenvalue weighted by atomic mass is 16.2. The fourth-order valence-electron chi connectivity index (χ4n) is 7.03. The highest BCUT2D eigenvalue weighted by molar-refractivity contribution is 5.99. The third-order valence-electron chi connectivity index (χ3n) is 9.41. The second-order valence-electron chi connectivity index (χ2n) is 12.7. The van der Waals surface area contributed by atoms with E-state index in [1.54, 1.807) is 4.90 Å². The molecule has 0 saturated heterocycles. The smallest absolute Gasteiger partial charge is 0.232 e. The molecule has 216 valence electrons. The lowest BCUT2D eigenvalue weighted by atomic mass is 9.73. The van der Waals surface area contributed by atoms with Crippen molar-refractivity contribution in [3.05, 3.63) is 35.4 Å². The predicted molar refractivity (Wildman–Crippen MR) is 159 cm³/mol. The molecule has 1 heterocycles. The summed E-state index contributed by atoms with van der Waals surface area (Å²) in [5.41, 5.74) is 8.34. The normalized spacial score (nSPS) is 23.1. The van der Waals surface area contributed by atoms with Gasteiger partial charge in [-0.3, -0.25) is 14.5 Å². The molecular weight excluding hydrogens is 484 g/mol. The van der Waals surface area contributed by atoms with E-state index in [4.69, 9.17) is 10.7 Å². The second-order valence-corrected chi connectivity index (χ2v) is 12.7. The van der Waals surface area contributed by atoms with E-state index in [0.717, 1.165) is 49.1 Å². The summed E-state index contributed by atoms with van der Waals surface area (Å²) in [6, 6.07) is 8.13. The standard InChI is InChI=1S/C33H52N4O2/c1-2-3-6-15-30(38)35-24-28-16-18-29(19-17-28)25-37-31(39)23-33(36-32(37)34,22-27-13-9-5-10-14-27)21-20-26-11-7-4-8-12-26/h16-19,26-27H,2-15,20-25H2,1H3,(H2,34,36)(H,35,38). The molecule has 0 spiro atoms. The topological polar surface area (TPSA) is 87.8 Å². The van der Waals surface area contributed by atoms with Gasteiger partial charge in [-0.15, -0.1) is 0 Å². The van der Waals surface area contributed by atoms with Gasteiger partial charge >= 0.3 is 0 Å². The van der Waals surface area contributed by atoms with Crippen molar-refractivity contribution < 1.29 is 9.59 Å². The fraction of sp³-hybridized carbons (Fsp3) is 0.727. The number of benzene rings is 1. The van der Waals surface area contributed by atoms with Gasteiger partial charge in [0.1, 0.15) is 0 Å². The average Bonchev–Trinajstić information content (AvgIpc) is 2.95. The number of carbonyl (C=O) groups excluding carboxylic acids is 2. The fourth-order valence-corrected chi connectivity index (χ4v) is 7.03. The second kappa shape index (κ2) is 14.9. The average molecular weight is 537 g/mol. The number of nitrogens with two attached hydrogens (primary N) is 1. The van der Waals surface area contributed by atoms with Gasteiger partial charge in [0, 0.05) is 13.0 Å². The Labute approximate surface area is 236 Å². The maximum atomic E-state index is 13.6. The number of nitrogens with one attached hydrogen (secondary N) is 1. The molecule has 0 radical (unpaired) electrons. The van der Waals surface area contributed by atoms with E-state index in [1.807, 2.05) is 24.3 Å². The first-order valence-electron chi connectivity index (χ1n) is 16.0. The van der Waals surface area contributed by atoms with Gasteiger partial charge in [0.15, 0.2) is 5.96 Å². The molecule has 2 fully saturated rings. The molecule has 2 saturated carbocycles. The van der Waals surface area contributed by atoms with E-state index >= 15 is 0 Å². The van der Waals surface area contributed by atoms with E-state index < -0.39 is 0 Å². The quantitative estimate of drug-likeness (QED) is 0.266. The number of hydrogen-bond acceptors (Lipinski definition) is 4. The highest BCUT2D eigenvalue weighted by Crippen LogP contribution is 2.41. The number of nitrogens with zero attached hydrogens (tertiary/aromatic N) is 2. The SMILES string of the molecule is CCCCCC(=O)NCc1ccc(CN2C(=O)CC(CCC3CCCCC3)(CC3CCCCC3)N=C2N)cc1. The first-order chi connectivity index (χ1) is 19.0. The molecule has 6 nitrogen and oxygen atoms in total. The predicted octanol–water partition coefficient (Wildman–Crippen LogP) is 7.00. The van der Waals surface area contributed by atoms with Crippen molar-refractivity contribution in [3.8, 4) is 0 Å². The molecule has 4 rings (SSSR count). The lowest BCUT2D eigenvalue weighted by Gasteiger charge is -2.41. The van der Waals surface area contributed by atoms with Crippen LogP contribution in [0.1, 0.15) is 134 Å². The Morgan fingerprint density at radius 3 is 2.26 bits per heavy atom. The van der Waals surface area contributed by atoms with Gasteiger partial charge in [0.2, 0.25) is 11.8 Å². The lowest BCUT2D eigenvalue weighted by molar-refractivity contribution is -0.130. The zero-order chi connectivity index (χ0) is 27.5. The summed E-state index contributed by atoms with van der Waals surface area (Å²) in [7, 11) is 0. The molecule has 1 unspecified atom stereocenters. The molecule has 2 aliphatic carbocycles. The molecule has 6 heteroatoms. The van der Waals surface area contributed by atoms with Crippen molar-refractivity contribution in [2.75, 3.05) is 0 Å². The number of aliphatic imine (C=N–C) groups is 1. The van der Waals surface area contributed by atoms with Crippen molar-refractivity contribution in [2.24, 2.45) is 22.6 Å². The highest BCUT2D eigenvalue weighted by Gasteiger charge is 2.41. The minimum absolute atomic E-state index is 0.107. The maximum absolute atomic E-state index is 13.6. The van der Waals surface area contributed by atoms with E-state index in [-0.39, 0.29) is 17.4 Å². The number of rotatable bonds is 13. The van der Waals surface area contributed by atoms with Gasteiger partial charge in [-0.05, 0) is 48.6 Å². The van der Waals surface area contributed by atoms with Crippen LogP contribution in [0.15, 0.2) is 29.3 Å².